The number of nitrogens with one attached hydrogen (secondary N) is 1. The molecule has 0 aromatic heterocycles. The summed E-state index contributed by atoms with van der Waals surface area (Å²) in [6.45, 7) is 6.50. The average molecular weight is 458 g/mol. The minimum Gasteiger partial charge on any atom is -0.454 e. The van der Waals surface area contributed by atoms with E-state index in [2.05, 4.69) is 4.72 Å². The van der Waals surface area contributed by atoms with Gasteiger partial charge in [-0.05, 0) is 42.8 Å². The third kappa shape index (κ3) is 5.95. The van der Waals surface area contributed by atoms with E-state index in [0.717, 1.165) is 11.6 Å². The second-order valence-electron chi connectivity index (χ2n) is 7.46. The first-order valence-electron chi connectivity index (χ1n) is 8.60. The zero-order chi connectivity index (χ0) is 22.0. The third-order valence-electron chi connectivity index (χ3n) is 4.05. The Balaban J connectivity index is 2.26. The van der Waals surface area contributed by atoms with Crippen LogP contribution in [0.25, 0.3) is 0 Å². The van der Waals surface area contributed by atoms with Gasteiger partial charge in [0.15, 0.2) is 12.4 Å². The summed E-state index contributed by atoms with van der Waals surface area (Å²) in [7, 11) is -4.10. The first-order chi connectivity index (χ1) is 13.3. The van der Waals surface area contributed by atoms with E-state index in [1.165, 1.54) is 18.2 Å². The van der Waals surface area contributed by atoms with Gasteiger partial charge in [0.05, 0.1) is 16.3 Å². The van der Waals surface area contributed by atoms with Crippen LogP contribution >= 0.6 is 23.2 Å². The van der Waals surface area contributed by atoms with Gasteiger partial charge in [0.25, 0.3) is 10.0 Å². The summed E-state index contributed by atoms with van der Waals surface area (Å²) >= 11 is 12.1. The molecular formula is C20H21Cl2NO5S. The van der Waals surface area contributed by atoms with E-state index in [-0.39, 0.29) is 27.0 Å². The van der Waals surface area contributed by atoms with Crippen LogP contribution in [0.5, 0.6) is 0 Å². The van der Waals surface area contributed by atoms with Crippen LogP contribution in [0.4, 0.5) is 5.69 Å². The second-order valence-corrected chi connectivity index (χ2v) is 9.93. The second kappa shape index (κ2) is 8.73. The molecule has 0 saturated carbocycles. The molecule has 0 saturated heterocycles. The smallest absolute Gasteiger partial charge is 0.338 e. The number of hydrogen-bond donors (Lipinski definition) is 1. The predicted octanol–water partition coefficient (Wildman–Crippen LogP) is 4.87. The standard InChI is InChI=1S/C20H21Cl2NO5S/c1-12-5-7-14(10-16(12)22)23-29(26,27)17-9-13(6-8-15(17)21)19(25)28-11-18(24)20(2,3)4/h5-10,23H,11H2,1-4H3. The maximum atomic E-state index is 12.7. The molecule has 0 heterocycles. The summed E-state index contributed by atoms with van der Waals surface area (Å²) in [4.78, 5) is 23.9. The van der Waals surface area contributed by atoms with E-state index in [9.17, 15) is 18.0 Å². The van der Waals surface area contributed by atoms with Gasteiger partial charge in [-0.25, -0.2) is 13.2 Å². The lowest BCUT2D eigenvalue weighted by molar-refractivity contribution is -0.129. The number of esters is 1. The molecule has 0 unspecified atom stereocenters. The normalized spacial score (nSPS) is 11.8. The number of aryl methyl sites for hydroxylation is 1. The van der Waals surface area contributed by atoms with Gasteiger partial charge in [-0.2, -0.15) is 0 Å². The number of rotatable bonds is 6. The molecule has 156 valence electrons. The molecule has 0 radical (unpaired) electrons. The Morgan fingerprint density at radius 3 is 2.28 bits per heavy atom. The fourth-order valence-corrected chi connectivity index (χ4v) is 3.89. The van der Waals surface area contributed by atoms with Gasteiger partial charge in [-0.1, -0.05) is 50.0 Å². The molecule has 2 rings (SSSR count). The Morgan fingerprint density at radius 1 is 1.03 bits per heavy atom. The molecule has 0 aliphatic heterocycles. The molecular weight excluding hydrogens is 437 g/mol. The molecule has 0 amide bonds. The largest absolute Gasteiger partial charge is 0.454 e. The monoisotopic (exact) mass is 457 g/mol. The lowest BCUT2D eigenvalue weighted by Crippen LogP contribution is -2.26. The summed E-state index contributed by atoms with van der Waals surface area (Å²) in [5.41, 5.74) is 0.342. The van der Waals surface area contributed by atoms with Gasteiger partial charge < -0.3 is 4.74 Å². The predicted molar refractivity (Wildman–Crippen MR) is 113 cm³/mol. The summed E-state index contributed by atoms with van der Waals surface area (Å²) in [5, 5.41) is 0.329. The Hall–Kier alpha value is -2.09. The van der Waals surface area contributed by atoms with Crippen LogP contribution in [-0.4, -0.2) is 26.8 Å². The Morgan fingerprint density at radius 2 is 1.69 bits per heavy atom. The van der Waals surface area contributed by atoms with Crippen LogP contribution in [0.2, 0.25) is 10.0 Å². The molecule has 29 heavy (non-hydrogen) atoms. The zero-order valence-electron chi connectivity index (χ0n) is 16.4. The molecule has 0 aliphatic carbocycles. The van der Waals surface area contributed by atoms with Crippen LogP contribution in [0.1, 0.15) is 36.7 Å². The highest BCUT2D eigenvalue weighted by molar-refractivity contribution is 7.92. The number of Topliss-reactive ketones (excluding diaryl/α,β-unsaturated/α-hetero) is 1. The highest BCUT2D eigenvalue weighted by Gasteiger charge is 2.24. The van der Waals surface area contributed by atoms with Gasteiger partial charge in [-0.15, -0.1) is 0 Å². The summed E-state index contributed by atoms with van der Waals surface area (Å²) in [5.74, 6) is -1.08. The van der Waals surface area contributed by atoms with E-state index in [1.54, 1.807) is 39.8 Å². The minimum absolute atomic E-state index is 0.0431. The van der Waals surface area contributed by atoms with Crippen LogP contribution in [0, 0.1) is 12.3 Å². The van der Waals surface area contributed by atoms with Gasteiger partial charge in [0, 0.05) is 10.4 Å². The quantitative estimate of drug-likeness (QED) is 0.624. The zero-order valence-corrected chi connectivity index (χ0v) is 18.7. The van der Waals surface area contributed by atoms with Gasteiger partial charge in [0.1, 0.15) is 4.90 Å². The van der Waals surface area contributed by atoms with Gasteiger partial charge >= 0.3 is 5.97 Å². The molecule has 2 aromatic rings. The number of benzene rings is 2. The number of ether oxygens (including phenoxy) is 1. The molecule has 0 atom stereocenters. The summed E-state index contributed by atoms with van der Waals surface area (Å²) in [6, 6.07) is 8.40. The fourth-order valence-electron chi connectivity index (χ4n) is 2.13. The lowest BCUT2D eigenvalue weighted by Gasteiger charge is -2.16. The van der Waals surface area contributed by atoms with E-state index >= 15 is 0 Å². The average Bonchev–Trinajstić information content (AvgIpc) is 2.61. The molecule has 0 spiro atoms. The van der Waals surface area contributed by atoms with Gasteiger partial charge in [0.2, 0.25) is 0 Å². The van der Waals surface area contributed by atoms with Crippen LogP contribution in [0.15, 0.2) is 41.3 Å². The molecule has 0 aliphatic rings. The van der Waals surface area contributed by atoms with E-state index < -0.39 is 28.0 Å². The van der Waals surface area contributed by atoms with Crippen molar-refractivity contribution in [2.24, 2.45) is 5.41 Å². The first kappa shape index (κ1) is 23.2. The number of carbonyl (C=O) groups excluding carboxylic acids is 2. The Kier molecular flexibility index (Phi) is 6.98. The number of sulfonamides is 1. The van der Waals surface area contributed by atoms with Crippen molar-refractivity contribution >= 4 is 50.7 Å². The van der Waals surface area contributed by atoms with Crippen molar-refractivity contribution in [1.29, 1.82) is 0 Å². The highest BCUT2D eigenvalue weighted by Crippen LogP contribution is 2.27. The molecule has 0 bridgehead atoms. The first-order valence-corrected chi connectivity index (χ1v) is 10.8. The number of ketones is 1. The maximum Gasteiger partial charge on any atom is 0.338 e. The third-order valence-corrected chi connectivity index (χ3v) is 6.32. The SMILES string of the molecule is Cc1ccc(NS(=O)(=O)c2cc(C(=O)OCC(=O)C(C)(C)C)ccc2Cl)cc1Cl. The van der Waals surface area contributed by atoms with Crippen LogP contribution < -0.4 is 4.72 Å². The minimum atomic E-state index is -4.10. The maximum absolute atomic E-state index is 12.7. The summed E-state index contributed by atoms with van der Waals surface area (Å²) in [6.07, 6.45) is 0. The summed E-state index contributed by atoms with van der Waals surface area (Å²) < 4.78 is 32.9. The molecule has 1 N–H and O–H groups in total. The number of halogens is 2. The van der Waals surface area contributed by atoms with Crippen LogP contribution in [-0.2, 0) is 19.6 Å². The van der Waals surface area contributed by atoms with Crippen molar-refractivity contribution in [1.82, 2.24) is 0 Å². The van der Waals surface area contributed by atoms with E-state index in [4.69, 9.17) is 27.9 Å². The number of carbonyl (C=O) groups is 2. The Bertz CT molecular complexity index is 1060. The van der Waals surface area contributed by atoms with E-state index in [1.807, 2.05) is 0 Å². The van der Waals surface area contributed by atoms with Crippen molar-refractivity contribution in [3.8, 4) is 0 Å². The molecule has 9 heteroatoms. The van der Waals surface area contributed by atoms with Gasteiger partial charge in [-0.3, -0.25) is 9.52 Å². The van der Waals surface area contributed by atoms with E-state index in [0.29, 0.717) is 5.02 Å². The fraction of sp³-hybridized carbons (Fsp3) is 0.300. The number of hydrogen-bond acceptors (Lipinski definition) is 5. The van der Waals surface area contributed by atoms with Crippen molar-refractivity contribution < 1.29 is 22.7 Å². The molecule has 0 fully saturated rings. The van der Waals surface area contributed by atoms with Crippen LogP contribution in [0.3, 0.4) is 0 Å². The molecule has 2 aromatic carbocycles. The van der Waals surface area contributed by atoms with Crippen molar-refractivity contribution in [3.05, 3.63) is 57.6 Å². The molecule has 6 nitrogen and oxygen atoms in total. The highest BCUT2D eigenvalue weighted by atomic mass is 35.5. The Labute approximate surface area is 180 Å². The number of anilines is 1. The van der Waals surface area contributed by atoms with Crippen molar-refractivity contribution in [3.63, 3.8) is 0 Å². The topological polar surface area (TPSA) is 89.5 Å². The lowest BCUT2D eigenvalue weighted by atomic mass is 9.91. The van der Waals surface area contributed by atoms with Crippen molar-refractivity contribution in [2.45, 2.75) is 32.6 Å². The van der Waals surface area contributed by atoms with Crippen molar-refractivity contribution in [2.75, 3.05) is 11.3 Å².